The number of rotatable bonds is 4. The predicted octanol–water partition coefficient (Wildman–Crippen LogP) is 3.42. The van der Waals surface area contributed by atoms with Crippen molar-refractivity contribution in [2.24, 2.45) is 0 Å². The van der Waals surface area contributed by atoms with E-state index in [1.165, 1.54) is 19.4 Å². The number of nitrogens with one attached hydrogen (secondary N) is 1. The van der Waals surface area contributed by atoms with Crippen molar-refractivity contribution in [1.82, 2.24) is 10.3 Å². The maximum absolute atomic E-state index is 12.8. The van der Waals surface area contributed by atoms with E-state index in [0.717, 1.165) is 17.7 Å². The molecule has 1 N–H and O–H groups in total. The van der Waals surface area contributed by atoms with Crippen molar-refractivity contribution in [2.75, 3.05) is 14.2 Å². The minimum absolute atomic E-state index is 0.412. The smallest absolute Gasteiger partial charge is 0.416 e. The van der Waals surface area contributed by atoms with Crippen LogP contribution in [0.5, 0.6) is 5.75 Å². The average molecular weight is 296 g/mol. The van der Waals surface area contributed by atoms with E-state index in [-0.39, 0.29) is 0 Å². The molecule has 112 valence electrons. The minimum atomic E-state index is -4.36. The molecule has 1 aromatic heterocycles. The summed E-state index contributed by atoms with van der Waals surface area (Å²) < 4.78 is 43.7. The van der Waals surface area contributed by atoms with Crippen molar-refractivity contribution in [3.8, 4) is 5.75 Å². The van der Waals surface area contributed by atoms with Crippen LogP contribution in [0.4, 0.5) is 13.2 Å². The van der Waals surface area contributed by atoms with Crippen LogP contribution in [0.3, 0.4) is 0 Å². The number of alkyl halides is 3. The molecule has 3 nitrogen and oxygen atoms in total. The molecule has 0 spiro atoms. The summed E-state index contributed by atoms with van der Waals surface area (Å²) in [6.45, 7) is 0. The third kappa shape index (κ3) is 3.33. The first kappa shape index (κ1) is 15.3. The summed E-state index contributed by atoms with van der Waals surface area (Å²) in [5.41, 5.74) is 0.569. The van der Waals surface area contributed by atoms with E-state index in [9.17, 15) is 13.2 Å². The van der Waals surface area contributed by atoms with Gasteiger partial charge in [0.1, 0.15) is 5.75 Å². The zero-order valence-electron chi connectivity index (χ0n) is 11.6. The number of nitrogens with zero attached hydrogens (tertiary/aromatic N) is 1. The lowest BCUT2D eigenvalue weighted by molar-refractivity contribution is -0.137. The predicted molar refractivity (Wildman–Crippen MR) is 73.1 cm³/mol. The molecule has 1 aromatic carbocycles. The first-order chi connectivity index (χ1) is 9.97. The second kappa shape index (κ2) is 6.13. The second-order valence-electron chi connectivity index (χ2n) is 4.46. The van der Waals surface area contributed by atoms with Gasteiger partial charge in [-0.3, -0.25) is 4.98 Å². The van der Waals surface area contributed by atoms with Crippen LogP contribution in [-0.4, -0.2) is 19.1 Å². The fourth-order valence-corrected chi connectivity index (χ4v) is 2.20. The van der Waals surface area contributed by atoms with Crippen molar-refractivity contribution in [3.63, 3.8) is 0 Å². The molecule has 0 amide bonds. The van der Waals surface area contributed by atoms with E-state index in [1.54, 1.807) is 25.4 Å². The molecule has 1 heterocycles. The second-order valence-corrected chi connectivity index (χ2v) is 4.46. The molecular weight excluding hydrogens is 281 g/mol. The summed E-state index contributed by atoms with van der Waals surface area (Å²) in [6.07, 6.45) is -1.25. The molecule has 0 aliphatic rings. The number of pyridine rings is 1. The molecule has 0 aliphatic carbocycles. The van der Waals surface area contributed by atoms with Crippen LogP contribution >= 0.6 is 0 Å². The maximum Gasteiger partial charge on any atom is 0.416 e. The zero-order chi connectivity index (χ0) is 15.5. The normalized spacial score (nSPS) is 13.0. The molecular formula is C15H15F3N2O. The van der Waals surface area contributed by atoms with Gasteiger partial charge in [0.05, 0.1) is 24.9 Å². The number of aromatic nitrogens is 1. The SMILES string of the molecule is CNC(c1cccc(C(F)(F)F)c1)c1ccncc1OC. The Morgan fingerprint density at radius 1 is 1.24 bits per heavy atom. The van der Waals surface area contributed by atoms with E-state index in [0.29, 0.717) is 11.3 Å². The van der Waals surface area contributed by atoms with Crippen LogP contribution in [0, 0.1) is 0 Å². The van der Waals surface area contributed by atoms with Crippen LogP contribution in [0.15, 0.2) is 42.7 Å². The van der Waals surface area contributed by atoms with Gasteiger partial charge in [-0.1, -0.05) is 12.1 Å². The maximum atomic E-state index is 12.8. The number of ether oxygens (including phenoxy) is 1. The zero-order valence-corrected chi connectivity index (χ0v) is 11.6. The molecule has 2 rings (SSSR count). The van der Waals surface area contributed by atoms with Gasteiger partial charge in [-0.2, -0.15) is 13.2 Å². The number of hydrogen-bond donors (Lipinski definition) is 1. The van der Waals surface area contributed by atoms with Crippen LogP contribution in [-0.2, 0) is 6.18 Å². The summed E-state index contributed by atoms with van der Waals surface area (Å²) in [4.78, 5) is 3.95. The van der Waals surface area contributed by atoms with E-state index in [4.69, 9.17) is 4.74 Å². The Hall–Kier alpha value is -2.08. The first-order valence-corrected chi connectivity index (χ1v) is 6.29. The number of hydrogen-bond acceptors (Lipinski definition) is 3. The van der Waals surface area contributed by atoms with Gasteiger partial charge in [-0.05, 0) is 30.8 Å². The van der Waals surface area contributed by atoms with E-state index >= 15 is 0 Å². The van der Waals surface area contributed by atoms with Gasteiger partial charge in [0.25, 0.3) is 0 Å². The van der Waals surface area contributed by atoms with E-state index in [1.807, 2.05) is 0 Å². The molecule has 21 heavy (non-hydrogen) atoms. The summed E-state index contributed by atoms with van der Waals surface area (Å²) in [5.74, 6) is 0.522. The molecule has 0 aliphatic heterocycles. The third-order valence-electron chi connectivity index (χ3n) is 3.18. The van der Waals surface area contributed by atoms with Gasteiger partial charge in [-0.25, -0.2) is 0 Å². The van der Waals surface area contributed by atoms with Gasteiger partial charge in [0.15, 0.2) is 0 Å². The van der Waals surface area contributed by atoms with Crippen LogP contribution < -0.4 is 10.1 Å². The van der Waals surface area contributed by atoms with Crippen molar-refractivity contribution < 1.29 is 17.9 Å². The van der Waals surface area contributed by atoms with E-state index < -0.39 is 17.8 Å². The van der Waals surface area contributed by atoms with Gasteiger partial charge in [-0.15, -0.1) is 0 Å². The largest absolute Gasteiger partial charge is 0.495 e. The summed E-state index contributed by atoms with van der Waals surface area (Å²) in [7, 11) is 3.18. The number of benzene rings is 1. The Balaban J connectivity index is 2.47. The quantitative estimate of drug-likeness (QED) is 0.938. The van der Waals surface area contributed by atoms with E-state index in [2.05, 4.69) is 10.3 Å². The third-order valence-corrected chi connectivity index (χ3v) is 3.18. The Kier molecular flexibility index (Phi) is 4.47. The summed E-state index contributed by atoms with van der Waals surface area (Å²) >= 11 is 0. The van der Waals surface area contributed by atoms with Crippen molar-refractivity contribution in [2.45, 2.75) is 12.2 Å². The van der Waals surface area contributed by atoms with Gasteiger partial charge < -0.3 is 10.1 Å². The highest BCUT2D eigenvalue weighted by Gasteiger charge is 2.31. The Morgan fingerprint density at radius 3 is 2.62 bits per heavy atom. The number of halogens is 3. The molecule has 0 saturated carbocycles. The molecule has 1 unspecified atom stereocenters. The van der Waals surface area contributed by atoms with Crippen molar-refractivity contribution >= 4 is 0 Å². The standard InChI is InChI=1S/C15H15F3N2O/c1-19-14(12-6-7-20-9-13(12)21-2)10-4-3-5-11(8-10)15(16,17)18/h3-9,14,19H,1-2H3. The molecule has 0 bridgehead atoms. The highest BCUT2D eigenvalue weighted by atomic mass is 19.4. The molecule has 0 radical (unpaired) electrons. The van der Waals surface area contributed by atoms with Crippen LogP contribution in [0.2, 0.25) is 0 Å². The topological polar surface area (TPSA) is 34.2 Å². The van der Waals surface area contributed by atoms with Crippen molar-refractivity contribution in [3.05, 3.63) is 59.4 Å². The summed E-state index contributed by atoms with van der Waals surface area (Å²) in [6, 6.07) is 6.55. The first-order valence-electron chi connectivity index (χ1n) is 6.29. The lowest BCUT2D eigenvalue weighted by atomic mass is 9.97. The number of methoxy groups -OCH3 is 1. The monoisotopic (exact) mass is 296 g/mol. The highest BCUT2D eigenvalue weighted by Crippen LogP contribution is 2.33. The van der Waals surface area contributed by atoms with Crippen molar-refractivity contribution in [1.29, 1.82) is 0 Å². The molecule has 0 saturated heterocycles. The molecule has 2 aromatic rings. The Morgan fingerprint density at radius 2 is 2.00 bits per heavy atom. The Bertz CT molecular complexity index is 614. The fraction of sp³-hybridized carbons (Fsp3) is 0.267. The lowest BCUT2D eigenvalue weighted by Crippen LogP contribution is -2.19. The van der Waals surface area contributed by atoms with Gasteiger partial charge in [0, 0.05) is 11.8 Å². The average Bonchev–Trinajstić information content (AvgIpc) is 2.48. The highest BCUT2D eigenvalue weighted by molar-refractivity contribution is 5.41. The van der Waals surface area contributed by atoms with Gasteiger partial charge >= 0.3 is 6.18 Å². The fourth-order valence-electron chi connectivity index (χ4n) is 2.20. The molecule has 6 heteroatoms. The Labute approximate surface area is 120 Å². The molecule has 0 fully saturated rings. The van der Waals surface area contributed by atoms with Crippen LogP contribution in [0.1, 0.15) is 22.7 Å². The molecule has 1 atom stereocenters. The lowest BCUT2D eigenvalue weighted by Gasteiger charge is -2.20. The minimum Gasteiger partial charge on any atom is -0.495 e. The van der Waals surface area contributed by atoms with Gasteiger partial charge in [0.2, 0.25) is 0 Å². The van der Waals surface area contributed by atoms with Crippen LogP contribution in [0.25, 0.3) is 0 Å². The summed E-state index contributed by atoms with van der Waals surface area (Å²) in [5, 5.41) is 3.01.